The highest BCUT2D eigenvalue weighted by molar-refractivity contribution is 5.70. The molecule has 1 N–H and O–H groups in total. The number of oxazole rings is 1. The first-order valence-electron chi connectivity index (χ1n) is 10.7. The van der Waals surface area contributed by atoms with Crippen molar-refractivity contribution < 1.29 is 47.6 Å². The zero-order valence-corrected chi connectivity index (χ0v) is 20.2. The van der Waals surface area contributed by atoms with E-state index in [2.05, 4.69) is 22.5 Å². The first kappa shape index (κ1) is 23.8. The fraction of sp³-hybridized carbons (Fsp3) is 0.280. The van der Waals surface area contributed by atoms with Crippen LogP contribution in [0, 0.1) is 0 Å². The zero-order chi connectivity index (χ0) is 21.6. The van der Waals surface area contributed by atoms with Crippen LogP contribution in [0.2, 0.25) is 0 Å². The van der Waals surface area contributed by atoms with Gasteiger partial charge < -0.3 is 43.1 Å². The fourth-order valence-corrected chi connectivity index (χ4v) is 3.85. The Morgan fingerprint density at radius 1 is 1.09 bits per heavy atom. The summed E-state index contributed by atoms with van der Waals surface area (Å²) in [5, 5.41) is 8.81. The Kier molecular flexibility index (Phi) is 8.33. The number of carboxylic acid groups (broad SMARTS) is 1. The quantitative estimate of drug-likeness (QED) is 0.253. The minimum absolute atomic E-state index is 0. The molecular weight excluding hydrogens is 519 g/mol. The lowest BCUT2D eigenvalue weighted by atomic mass is 10.2. The van der Waals surface area contributed by atoms with Gasteiger partial charge in [0, 0.05) is 25.5 Å². The Balaban J connectivity index is 0.00000289. The number of anilines is 1. The van der Waals surface area contributed by atoms with Crippen molar-refractivity contribution in [2.24, 2.45) is 0 Å². The van der Waals surface area contributed by atoms with E-state index in [1.165, 1.54) is 0 Å². The number of aliphatic carboxylic acids is 1. The molecule has 0 bridgehead atoms. The van der Waals surface area contributed by atoms with Crippen molar-refractivity contribution in [1.29, 1.82) is 0 Å². The molecule has 7 heteroatoms. The SMILES string of the molecule is CCN1/C(=C\C=C\c2oc3ccccc3[n+]2CCCCCC(=O)O)Oc2ccccc21.[I-]. The monoisotopic (exact) mass is 546 g/mol. The number of carbonyl (C=O) groups is 1. The largest absolute Gasteiger partial charge is 1.00 e. The van der Waals surface area contributed by atoms with Crippen molar-refractivity contribution in [3.63, 3.8) is 0 Å². The molecule has 0 spiro atoms. The predicted molar refractivity (Wildman–Crippen MR) is 120 cm³/mol. The summed E-state index contributed by atoms with van der Waals surface area (Å²) in [4.78, 5) is 12.8. The third-order valence-corrected chi connectivity index (χ3v) is 5.34. The van der Waals surface area contributed by atoms with Crippen molar-refractivity contribution in [2.75, 3.05) is 11.4 Å². The average Bonchev–Trinajstić information content (AvgIpc) is 3.31. The highest BCUT2D eigenvalue weighted by Gasteiger charge is 2.24. The van der Waals surface area contributed by atoms with Gasteiger partial charge >= 0.3 is 11.9 Å². The molecule has 32 heavy (non-hydrogen) atoms. The van der Waals surface area contributed by atoms with E-state index in [0.717, 1.165) is 60.2 Å². The van der Waals surface area contributed by atoms with Crippen LogP contribution in [0.3, 0.4) is 0 Å². The number of rotatable bonds is 9. The third-order valence-electron chi connectivity index (χ3n) is 5.34. The molecule has 3 aromatic rings. The number of allylic oxidation sites excluding steroid dienone is 2. The Morgan fingerprint density at radius 3 is 2.69 bits per heavy atom. The Morgan fingerprint density at radius 2 is 1.88 bits per heavy atom. The molecule has 2 heterocycles. The van der Waals surface area contributed by atoms with Crippen molar-refractivity contribution in [1.82, 2.24) is 0 Å². The van der Waals surface area contributed by atoms with Crippen LogP contribution in [0.15, 0.2) is 71.0 Å². The van der Waals surface area contributed by atoms with Crippen LogP contribution in [0.25, 0.3) is 17.2 Å². The number of aromatic nitrogens is 1. The minimum atomic E-state index is -0.740. The molecule has 2 aromatic carbocycles. The summed E-state index contributed by atoms with van der Waals surface area (Å²) in [5.41, 5.74) is 2.94. The summed E-state index contributed by atoms with van der Waals surface area (Å²) in [6.07, 6.45) is 8.51. The molecule has 1 aliphatic rings. The Labute approximate surface area is 204 Å². The molecule has 1 aliphatic heterocycles. The van der Waals surface area contributed by atoms with Gasteiger partial charge in [-0.3, -0.25) is 4.79 Å². The lowest BCUT2D eigenvalue weighted by molar-refractivity contribution is -0.678. The standard InChI is InChI=1S/C25H26N2O4.HI/c1-2-26-19-11-5-7-13-21(19)30-23(26)15-10-16-24-27(18-9-3-4-17-25(28)29)20-12-6-8-14-22(20)31-24;/h5-8,10-16H,2-4,9,17-18H2,1H3;1H. The van der Waals surface area contributed by atoms with Gasteiger partial charge in [0.15, 0.2) is 12.3 Å². The van der Waals surface area contributed by atoms with Crippen molar-refractivity contribution in [2.45, 2.75) is 39.2 Å². The van der Waals surface area contributed by atoms with E-state index in [9.17, 15) is 4.79 Å². The number of halogens is 1. The highest BCUT2D eigenvalue weighted by atomic mass is 127. The molecule has 0 atom stereocenters. The molecular formula is C25H27IN2O4. The number of nitrogens with zero attached hydrogens (tertiary/aromatic N) is 2. The summed E-state index contributed by atoms with van der Waals surface area (Å²) in [7, 11) is 0. The van der Waals surface area contributed by atoms with Gasteiger partial charge in [0.25, 0.3) is 5.52 Å². The molecule has 6 nitrogen and oxygen atoms in total. The molecule has 0 aliphatic carbocycles. The van der Waals surface area contributed by atoms with Crippen LogP contribution < -0.4 is 38.2 Å². The second kappa shape index (κ2) is 11.2. The van der Waals surface area contributed by atoms with Crippen LogP contribution >= 0.6 is 0 Å². The normalized spacial score (nSPS) is 14.0. The summed E-state index contributed by atoms with van der Waals surface area (Å²) in [6, 6.07) is 16.0. The topological polar surface area (TPSA) is 66.8 Å². The first-order chi connectivity index (χ1) is 15.2. The minimum Gasteiger partial charge on any atom is -1.00 e. The predicted octanol–water partition coefficient (Wildman–Crippen LogP) is 2.14. The first-order valence-corrected chi connectivity index (χ1v) is 10.7. The van der Waals surface area contributed by atoms with E-state index >= 15 is 0 Å². The van der Waals surface area contributed by atoms with Gasteiger partial charge in [0.05, 0.1) is 11.8 Å². The molecule has 0 unspecified atom stereocenters. The van der Waals surface area contributed by atoms with E-state index in [0.29, 0.717) is 6.42 Å². The number of aryl methyl sites for hydroxylation is 1. The summed E-state index contributed by atoms with van der Waals surface area (Å²) in [6.45, 7) is 3.69. The van der Waals surface area contributed by atoms with E-state index < -0.39 is 5.97 Å². The molecule has 0 radical (unpaired) electrons. The maximum atomic E-state index is 10.7. The summed E-state index contributed by atoms with van der Waals surface area (Å²) < 4.78 is 14.2. The van der Waals surface area contributed by atoms with Crippen molar-refractivity contribution in [3.8, 4) is 5.75 Å². The van der Waals surface area contributed by atoms with Gasteiger partial charge in [-0.15, -0.1) is 0 Å². The number of hydrogen-bond acceptors (Lipinski definition) is 4. The van der Waals surface area contributed by atoms with Crippen molar-refractivity contribution in [3.05, 3.63) is 72.5 Å². The zero-order valence-electron chi connectivity index (χ0n) is 18.0. The number of ether oxygens (including phenoxy) is 1. The molecule has 0 saturated heterocycles. The smallest absolute Gasteiger partial charge is 0.374 e. The molecule has 1 aromatic heterocycles. The van der Waals surface area contributed by atoms with E-state index in [1.54, 1.807) is 0 Å². The maximum absolute atomic E-state index is 10.7. The summed E-state index contributed by atoms with van der Waals surface area (Å²) >= 11 is 0. The molecule has 168 valence electrons. The van der Waals surface area contributed by atoms with Crippen LogP contribution in [0.4, 0.5) is 5.69 Å². The molecule has 0 amide bonds. The van der Waals surface area contributed by atoms with E-state index in [-0.39, 0.29) is 30.4 Å². The molecule has 4 rings (SSSR count). The molecule has 0 fully saturated rings. The number of fused-ring (bicyclic) bond motifs is 2. The van der Waals surface area contributed by atoms with E-state index in [1.807, 2.05) is 60.7 Å². The Bertz CT molecular complexity index is 1140. The number of benzene rings is 2. The third kappa shape index (κ3) is 5.32. The maximum Gasteiger partial charge on any atom is 0.374 e. The lowest BCUT2D eigenvalue weighted by Gasteiger charge is -2.14. The molecule has 0 saturated carbocycles. The van der Waals surface area contributed by atoms with Gasteiger partial charge in [0.1, 0.15) is 0 Å². The highest BCUT2D eigenvalue weighted by Crippen LogP contribution is 2.38. The number of hydrogen-bond donors (Lipinski definition) is 1. The summed E-state index contributed by atoms with van der Waals surface area (Å²) in [5.74, 6) is 1.67. The average molecular weight is 546 g/mol. The lowest BCUT2D eigenvalue weighted by Crippen LogP contribution is -3.00. The van der Waals surface area contributed by atoms with E-state index in [4.69, 9.17) is 14.3 Å². The number of carboxylic acids is 1. The second-order valence-electron chi connectivity index (χ2n) is 7.44. The van der Waals surface area contributed by atoms with Gasteiger partial charge in [-0.05, 0) is 50.1 Å². The second-order valence-corrected chi connectivity index (χ2v) is 7.44. The van der Waals surface area contributed by atoms with Crippen LogP contribution in [-0.4, -0.2) is 17.6 Å². The van der Waals surface area contributed by atoms with Crippen molar-refractivity contribution >= 4 is 28.8 Å². The fourth-order valence-electron chi connectivity index (χ4n) is 3.85. The Hall–Kier alpha value is -2.81. The van der Waals surface area contributed by atoms with Gasteiger partial charge in [-0.2, -0.15) is 4.57 Å². The van der Waals surface area contributed by atoms with Crippen LogP contribution in [0.5, 0.6) is 5.75 Å². The number of unbranched alkanes of at least 4 members (excludes halogenated alkanes) is 2. The van der Waals surface area contributed by atoms with Gasteiger partial charge in [-0.1, -0.05) is 24.3 Å². The van der Waals surface area contributed by atoms with Crippen LogP contribution in [0.1, 0.15) is 38.5 Å². The van der Waals surface area contributed by atoms with Gasteiger partial charge in [-0.25, -0.2) is 0 Å². The number of para-hydroxylation sites is 4. The van der Waals surface area contributed by atoms with Gasteiger partial charge in [0.2, 0.25) is 11.5 Å². The van der Waals surface area contributed by atoms with Crippen LogP contribution in [-0.2, 0) is 11.3 Å².